The number of aromatic hydroxyl groups is 1. The van der Waals surface area contributed by atoms with Gasteiger partial charge >= 0.3 is 0 Å². The van der Waals surface area contributed by atoms with Crippen LogP contribution in [-0.4, -0.2) is 20.5 Å². The Morgan fingerprint density at radius 1 is 1.16 bits per heavy atom. The molecule has 0 saturated carbocycles. The highest BCUT2D eigenvalue weighted by molar-refractivity contribution is 6.01. The van der Waals surface area contributed by atoms with Gasteiger partial charge in [-0.05, 0) is 23.8 Å². The van der Waals surface area contributed by atoms with Crippen LogP contribution in [0.1, 0.15) is 22.8 Å². The van der Waals surface area contributed by atoms with E-state index in [4.69, 9.17) is 0 Å². The molecule has 1 N–H and O–H groups in total. The summed E-state index contributed by atoms with van der Waals surface area (Å²) in [6.07, 6.45) is 1.22. The fourth-order valence-corrected chi connectivity index (χ4v) is 2.67. The summed E-state index contributed by atoms with van der Waals surface area (Å²) in [4.78, 5) is 21.9. The molecule has 7 heteroatoms. The number of hydrogen-bond acceptors (Lipinski definition) is 5. The minimum absolute atomic E-state index is 0.118. The van der Waals surface area contributed by atoms with Crippen LogP contribution in [0.5, 0.6) is 5.88 Å². The van der Waals surface area contributed by atoms with E-state index in [2.05, 4.69) is 0 Å². The zero-order chi connectivity index (χ0) is 18.1. The number of nitro groups is 1. The monoisotopic (exact) mass is 337 g/mol. The van der Waals surface area contributed by atoms with E-state index in [1.54, 1.807) is 24.3 Å². The van der Waals surface area contributed by atoms with Gasteiger partial charge in [-0.3, -0.25) is 19.5 Å². The molecule has 3 rings (SSSR count). The molecule has 0 aliphatic heterocycles. The lowest BCUT2D eigenvalue weighted by Crippen LogP contribution is -2.04. The Balaban J connectivity index is 2.13. The molecule has 7 nitrogen and oxygen atoms in total. The van der Waals surface area contributed by atoms with E-state index in [0.717, 1.165) is 4.57 Å². The van der Waals surface area contributed by atoms with Crippen molar-refractivity contribution >= 4 is 34.3 Å². The summed E-state index contributed by atoms with van der Waals surface area (Å²) in [5, 5.41) is 34.0. The Kier molecular flexibility index (Phi) is 3.98. The number of fused-ring (bicyclic) bond motifs is 1. The van der Waals surface area contributed by atoms with Crippen molar-refractivity contribution in [1.29, 1.82) is 0 Å². The van der Waals surface area contributed by atoms with E-state index in [1.165, 1.54) is 37.3 Å². The molecular formula is C18H13N2O5-. The van der Waals surface area contributed by atoms with Gasteiger partial charge in [0.1, 0.15) is 0 Å². The lowest BCUT2D eigenvalue weighted by Gasteiger charge is -2.12. The van der Waals surface area contributed by atoms with Crippen LogP contribution >= 0.6 is 0 Å². The molecule has 3 aromatic rings. The Bertz CT molecular complexity index is 1020. The molecule has 2 aromatic carbocycles. The highest BCUT2D eigenvalue weighted by Crippen LogP contribution is 2.33. The zero-order valence-corrected chi connectivity index (χ0v) is 13.2. The molecule has 1 heterocycles. The molecule has 0 unspecified atom stereocenters. The summed E-state index contributed by atoms with van der Waals surface area (Å²) in [7, 11) is 0. The zero-order valence-electron chi connectivity index (χ0n) is 13.2. The van der Waals surface area contributed by atoms with Crippen LogP contribution in [0.25, 0.3) is 22.7 Å². The van der Waals surface area contributed by atoms with Gasteiger partial charge < -0.3 is 10.2 Å². The van der Waals surface area contributed by atoms with Crippen molar-refractivity contribution < 1.29 is 19.9 Å². The summed E-state index contributed by atoms with van der Waals surface area (Å²) in [5.74, 6) is -1.13. The SMILES string of the molecule is CC(=O)n1c(O)c(C=C([O-])c2ccc([N+](=O)[O-])cc2)c2ccccc21. The van der Waals surface area contributed by atoms with Gasteiger partial charge in [0, 0.05) is 30.0 Å². The lowest BCUT2D eigenvalue weighted by atomic mass is 10.1. The minimum Gasteiger partial charge on any atom is -0.872 e. The Morgan fingerprint density at radius 3 is 2.40 bits per heavy atom. The predicted molar refractivity (Wildman–Crippen MR) is 90.9 cm³/mol. The van der Waals surface area contributed by atoms with Crippen molar-refractivity contribution in [3.8, 4) is 5.88 Å². The first kappa shape index (κ1) is 16.3. The quantitative estimate of drug-likeness (QED) is 0.449. The number of nitro benzene ring substituents is 1. The van der Waals surface area contributed by atoms with E-state index >= 15 is 0 Å². The molecule has 1 aromatic heterocycles. The first-order valence-corrected chi connectivity index (χ1v) is 7.37. The minimum atomic E-state index is -0.551. The van der Waals surface area contributed by atoms with Gasteiger partial charge in [0.15, 0.2) is 0 Å². The second-order valence-corrected chi connectivity index (χ2v) is 5.42. The molecule has 126 valence electrons. The van der Waals surface area contributed by atoms with Crippen molar-refractivity contribution in [2.45, 2.75) is 6.92 Å². The second-order valence-electron chi connectivity index (χ2n) is 5.42. The van der Waals surface area contributed by atoms with Crippen LogP contribution in [-0.2, 0) is 0 Å². The molecule has 0 spiro atoms. The van der Waals surface area contributed by atoms with Crippen molar-refractivity contribution in [3.05, 3.63) is 69.8 Å². The first-order valence-electron chi connectivity index (χ1n) is 7.37. The van der Waals surface area contributed by atoms with Gasteiger partial charge in [0.25, 0.3) is 5.69 Å². The molecule has 0 atom stereocenters. The molecule has 25 heavy (non-hydrogen) atoms. The molecule has 0 aliphatic carbocycles. The van der Waals surface area contributed by atoms with Gasteiger partial charge in [-0.15, -0.1) is 5.76 Å². The van der Waals surface area contributed by atoms with Crippen molar-refractivity contribution in [2.24, 2.45) is 0 Å². The lowest BCUT2D eigenvalue weighted by molar-refractivity contribution is -0.384. The highest BCUT2D eigenvalue weighted by atomic mass is 16.6. The van der Waals surface area contributed by atoms with Gasteiger partial charge in [0.2, 0.25) is 11.8 Å². The summed E-state index contributed by atoms with van der Waals surface area (Å²) in [6, 6.07) is 12.0. The number of carbonyl (C=O) groups is 1. The van der Waals surface area contributed by atoms with Gasteiger partial charge in [-0.2, -0.15) is 0 Å². The number of nitrogens with zero attached hydrogens (tertiary/aromatic N) is 2. The average Bonchev–Trinajstić information content (AvgIpc) is 2.87. The van der Waals surface area contributed by atoms with Crippen molar-refractivity contribution in [3.63, 3.8) is 0 Å². The molecule has 0 aliphatic rings. The number of aromatic nitrogens is 1. The number of carbonyl (C=O) groups excluding carboxylic acids is 1. The largest absolute Gasteiger partial charge is 0.872 e. The third kappa shape index (κ3) is 2.83. The number of hydrogen-bond donors (Lipinski definition) is 1. The number of rotatable bonds is 3. The molecule has 0 fully saturated rings. The third-order valence-corrected chi connectivity index (χ3v) is 3.84. The molecular weight excluding hydrogens is 324 g/mol. The maximum Gasteiger partial charge on any atom is 0.269 e. The van der Waals surface area contributed by atoms with Crippen molar-refractivity contribution in [1.82, 2.24) is 4.57 Å². The van der Waals surface area contributed by atoms with E-state index < -0.39 is 10.7 Å². The standard InChI is InChI=1S/C18H14N2O5/c1-11(21)19-16-5-3-2-4-14(16)15(18(19)23)10-17(22)12-6-8-13(9-7-12)20(24)25/h2-10,22-23H,1H3/p-1. The van der Waals surface area contributed by atoms with E-state index in [1.807, 2.05) is 0 Å². The summed E-state index contributed by atoms with van der Waals surface area (Å²) in [6.45, 7) is 1.31. The number of benzene rings is 2. The topological polar surface area (TPSA) is 108 Å². The predicted octanol–water partition coefficient (Wildman–Crippen LogP) is 2.77. The highest BCUT2D eigenvalue weighted by Gasteiger charge is 2.17. The fourth-order valence-electron chi connectivity index (χ4n) is 2.67. The third-order valence-electron chi connectivity index (χ3n) is 3.84. The molecule has 0 amide bonds. The second kappa shape index (κ2) is 6.12. The summed E-state index contributed by atoms with van der Waals surface area (Å²) in [5.41, 5.74) is 0.849. The van der Waals surface area contributed by atoms with Crippen LogP contribution in [0.3, 0.4) is 0 Å². The summed E-state index contributed by atoms with van der Waals surface area (Å²) >= 11 is 0. The maximum absolute atomic E-state index is 12.4. The average molecular weight is 337 g/mol. The Hall–Kier alpha value is -3.61. The van der Waals surface area contributed by atoms with Crippen LogP contribution in [0.15, 0.2) is 48.5 Å². The molecule has 0 saturated heterocycles. The van der Waals surface area contributed by atoms with E-state index in [9.17, 15) is 25.1 Å². The van der Waals surface area contributed by atoms with Gasteiger partial charge in [-0.25, -0.2) is 0 Å². The van der Waals surface area contributed by atoms with Gasteiger partial charge in [0.05, 0.1) is 10.4 Å². The van der Waals surface area contributed by atoms with Crippen LogP contribution < -0.4 is 5.11 Å². The number of non-ortho nitro benzene ring substituents is 1. The summed E-state index contributed by atoms with van der Waals surface area (Å²) < 4.78 is 1.13. The van der Waals surface area contributed by atoms with Crippen molar-refractivity contribution in [2.75, 3.05) is 0 Å². The number of para-hydroxylation sites is 1. The molecule has 0 bridgehead atoms. The van der Waals surface area contributed by atoms with Gasteiger partial charge in [-0.1, -0.05) is 24.3 Å². The normalized spacial score (nSPS) is 11.6. The van der Waals surface area contributed by atoms with Crippen LogP contribution in [0, 0.1) is 10.1 Å². The Labute approximate surface area is 142 Å². The fraction of sp³-hybridized carbons (Fsp3) is 0.0556. The van der Waals surface area contributed by atoms with Crippen LogP contribution in [0.4, 0.5) is 5.69 Å². The maximum atomic E-state index is 12.4. The first-order chi connectivity index (χ1) is 11.9. The molecule has 0 radical (unpaired) electrons. The Morgan fingerprint density at radius 2 is 1.80 bits per heavy atom. The smallest absolute Gasteiger partial charge is 0.269 e. The van der Waals surface area contributed by atoms with E-state index in [0.29, 0.717) is 10.9 Å². The van der Waals surface area contributed by atoms with E-state index in [-0.39, 0.29) is 28.6 Å². The van der Waals surface area contributed by atoms with Crippen LogP contribution in [0.2, 0.25) is 0 Å².